The van der Waals surface area contributed by atoms with Crippen molar-refractivity contribution in [2.24, 2.45) is 10.9 Å². The summed E-state index contributed by atoms with van der Waals surface area (Å²) in [7, 11) is 0. The van der Waals surface area contributed by atoms with Crippen LogP contribution in [0, 0.1) is 5.82 Å². The lowest BCUT2D eigenvalue weighted by Gasteiger charge is -2.07. The van der Waals surface area contributed by atoms with Gasteiger partial charge in [0.2, 0.25) is 0 Å². The molecule has 0 aliphatic carbocycles. The van der Waals surface area contributed by atoms with E-state index in [4.69, 9.17) is 15.7 Å². The molecule has 5 nitrogen and oxygen atoms in total. The summed E-state index contributed by atoms with van der Waals surface area (Å²) in [6.45, 7) is 0. The first-order valence-electron chi connectivity index (χ1n) is 5.17. The molecule has 0 unspecified atom stereocenters. The number of nitrogens with two attached hydrogens (primary N) is 1. The van der Waals surface area contributed by atoms with E-state index in [9.17, 15) is 4.39 Å². The Morgan fingerprint density at radius 1 is 1.37 bits per heavy atom. The summed E-state index contributed by atoms with van der Waals surface area (Å²) in [6, 6.07) is 7.22. The fourth-order valence-corrected chi connectivity index (χ4v) is 1.65. The number of halogens is 2. The molecule has 1 aromatic carbocycles. The molecule has 0 amide bonds. The maximum atomic E-state index is 13.1. The summed E-state index contributed by atoms with van der Waals surface area (Å²) in [6.07, 6.45) is 1.39. The molecule has 2 rings (SSSR count). The van der Waals surface area contributed by atoms with Crippen LogP contribution in [0.4, 0.5) is 4.39 Å². The van der Waals surface area contributed by atoms with Gasteiger partial charge in [-0.3, -0.25) is 0 Å². The van der Waals surface area contributed by atoms with Crippen LogP contribution >= 0.6 is 15.9 Å². The highest BCUT2D eigenvalue weighted by Crippen LogP contribution is 2.29. The summed E-state index contributed by atoms with van der Waals surface area (Å²) >= 11 is 3.25. The third-order valence-corrected chi connectivity index (χ3v) is 2.88. The maximum Gasteiger partial charge on any atom is 0.188 e. The monoisotopic (exact) mass is 325 g/mol. The fraction of sp³-hybridized carbons (Fsp3) is 0. The van der Waals surface area contributed by atoms with Gasteiger partial charge in [-0.15, -0.1) is 0 Å². The summed E-state index contributed by atoms with van der Waals surface area (Å²) < 4.78 is 19.2. The van der Waals surface area contributed by atoms with Gasteiger partial charge in [0.25, 0.3) is 0 Å². The Kier molecular flexibility index (Phi) is 3.96. The lowest BCUT2D eigenvalue weighted by molar-refractivity contribution is 0.318. The normalized spacial score (nSPS) is 11.4. The van der Waals surface area contributed by atoms with Crippen LogP contribution in [0.25, 0.3) is 0 Å². The molecule has 0 bridgehead atoms. The average molecular weight is 326 g/mol. The Morgan fingerprint density at radius 2 is 2.16 bits per heavy atom. The third-order valence-electron chi connectivity index (χ3n) is 2.23. The van der Waals surface area contributed by atoms with E-state index in [1.807, 2.05) is 0 Å². The molecule has 19 heavy (non-hydrogen) atoms. The zero-order valence-corrected chi connectivity index (χ0v) is 11.1. The molecular weight excluding hydrogens is 317 g/mol. The largest absolute Gasteiger partial charge is 0.454 e. The first-order valence-corrected chi connectivity index (χ1v) is 5.96. The Morgan fingerprint density at radius 3 is 2.79 bits per heavy atom. The second kappa shape index (κ2) is 5.66. The molecule has 0 radical (unpaired) electrons. The first-order chi connectivity index (χ1) is 9.10. The van der Waals surface area contributed by atoms with E-state index in [2.05, 4.69) is 26.1 Å². The van der Waals surface area contributed by atoms with Crippen molar-refractivity contribution < 1.29 is 14.3 Å². The van der Waals surface area contributed by atoms with Gasteiger partial charge in [0, 0.05) is 6.07 Å². The number of nitrogens with zero attached hydrogens (tertiary/aromatic N) is 2. The van der Waals surface area contributed by atoms with Crippen molar-refractivity contribution in [1.82, 2.24) is 4.98 Å². The summed E-state index contributed by atoms with van der Waals surface area (Å²) in [5.74, 6) is 0.233. The molecule has 0 saturated heterocycles. The van der Waals surface area contributed by atoms with Gasteiger partial charge in [0.15, 0.2) is 5.84 Å². The predicted octanol–water partition coefficient (Wildman–Crippen LogP) is 2.87. The number of rotatable bonds is 3. The van der Waals surface area contributed by atoms with Gasteiger partial charge in [-0.05, 0) is 40.2 Å². The summed E-state index contributed by atoms with van der Waals surface area (Å²) in [5.41, 5.74) is 5.69. The molecule has 98 valence electrons. The quantitative estimate of drug-likeness (QED) is 0.393. The van der Waals surface area contributed by atoms with E-state index in [-0.39, 0.29) is 5.84 Å². The molecule has 0 fully saturated rings. The van der Waals surface area contributed by atoms with Gasteiger partial charge in [-0.25, -0.2) is 9.37 Å². The van der Waals surface area contributed by atoms with Crippen molar-refractivity contribution in [3.63, 3.8) is 0 Å². The number of hydrogen-bond acceptors (Lipinski definition) is 4. The van der Waals surface area contributed by atoms with E-state index >= 15 is 0 Å². The number of pyridine rings is 1. The molecule has 0 aliphatic rings. The lowest BCUT2D eigenvalue weighted by atomic mass is 10.3. The highest BCUT2D eigenvalue weighted by Gasteiger charge is 2.06. The SMILES string of the molecule is N/C(=N/O)c1ccc(Oc2cc(F)ccc2Br)cn1. The maximum absolute atomic E-state index is 13.1. The number of amidine groups is 1. The molecule has 0 atom stereocenters. The van der Waals surface area contributed by atoms with Crippen molar-refractivity contribution in [3.8, 4) is 11.5 Å². The van der Waals surface area contributed by atoms with Crippen LogP contribution in [0.3, 0.4) is 0 Å². The van der Waals surface area contributed by atoms with E-state index in [1.54, 1.807) is 12.1 Å². The topological polar surface area (TPSA) is 80.7 Å². The standard InChI is InChI=1S/C12H9BrFN3O2/c13-9-3-1-7(14)5-11(9)19-8-2-4-10(16-6-8)12(15)17-18/h1-6,18H,(H2,15,17). The van der Waals surface area contributed by atoms with Gasteiger partial charge in [0.05, 0.1) is 10.7 Å². The number of ether oxygens (including phenoxy) is 1. The predicted molar refractivity (Wildman–Crippen MR) is 70.9 cm³/mol. The molecule has 2 aromatic rings. The Bertz CT molecular complexity index is 617. The first kappa shape index (κ1) is 13.3. The number of hydrogen-bond donors (Lipinski definition) is 2. The van der Waals surface area contributed by atoms with Gasteiger partial charge in [-0.1, -0.05) is 5.16 Å². The van der Waals surface area contributed by atoms with Crippen LogP contribution in [-0.4, -0.2) is 16.0 Å². The Labute approximate surface area is 116 Å². The molecule has 0 spiro atoms. The third kappa shape index (κ3) is 3.19. The zero-order valence-electron chi connectivity index (χ0n) is 9.55. The Hall–Kier alpha value is -2.15. The molecule has 0 saturated carbocycles. The molecule has 1 aromatic heterocycles. The van der Waals surface area contributed by atoms with Crippen LogP contribution in [0.15, 0.2) is 46.2 Å². The minimum Gasteiger partial charge on any atom is -0.454 e. The van der Waals surface area contributed by atoms with Crippen LogP contribution in [-0.2, 0) is 0 Å². The van der Waals surface area contributed by atoms with Crippen LogP contribution in [0.1, 0.15) is 5.69 Å². The zero-order chi connectivity index (χ0) is 13.8. The average Bonchev–Trinajstić information content (AvgIpc) is 2.43. The Balaban J connectivity index is 2.22. The molecule has 0 aliphatic heterocycles. The molecular formula is C12H9BrFN3O2. The van der Waals surface area contributed by atoms with Crippen LogP contribution in [0.5, 0.6) is 11.5 Å². The minimum atomic E-state index is -0.403. The van der Waals surface area contributed by atoms with Crippen LogP contribution in [0.2, 0.25) is 0 Å². The highest BCUT2D eigenvalue weighted by atomic mass is 79.9. The number of oxime groups is 1. The van der Waals surface area contributed by atoms with Gasteiger partial charge < -0.3 is 15.7 Å². The van der Waals surface area contributed by atoms with E-state index in [0.29, 0.717) is 21.7 Å². The van der Waals surface area contributed by atoms with Crippen molar-refractivity contribution in [2.45, 2.75) is 0 Å². The highest BCUT2D eigenvalue weighted by molar-refractivity contribution is 9.10. The second-order valence-electron chi connectivity index (χ2n) is 3.54. The van der Waals surface area contributed by atoms with E-state index < -0.39 is 5.82 Å². The molecule has 7 heteroatoms. The van der Waals surface area contributed by atoms with Crippen molar-refractivity contribution >= 4 is 21.8 Å². The molecule has 3 N–H and O–H groups in total. The van der Waals surface area contributed by atoms with Gasteiger partial charge >= 0.3 is 0 Å². The second-order valence-corrected chi connectivity index (χ2v) is 4.40. The van der Waals surface area contributed by atoms with Crippen molar-refractivity contribution in [3.05, 3.63) is 52.5 Å². The van der Waals surface area contributed by atoms with Crippen molar-refractivity contribution in [1.29, 1.82) is 0 Å². The van der Waals surface area contributed by atoms with E-state index in [0.717, 1.165) is 0 Å². The molecule has 1 heterocycles. The lowest BCUT2D eigenvalue weighted by Crippen LogP contribution is -2.14. The number of aromatic nitrogens is 1. The van der Waals surface area contributed by atoms with Gasteiger partial charge in [-0.2, -0.15) is 0 Å². The van der Waals surface area contributed by atoms with E-state index in [1.165, 1.54) is 24.4 Å². The smallest absolute Gasteiger partial charge is 0.188 e. The summed E-state index contributed by atoms with van der Waals surface area (Å²) in [4.78, 5) is 3.95. The summed E-state index contributed by atoms with van der Waals surface area (Å²) in [5, 5.41) is 11.3. The fourth-order valence-electron chi connectivity index (χ4n) is 1.33. The van der Waals surface area contributed by atoms with Gasteiger partial charge in [0.1, 0.15) is 23.0 Å². The van der Waals surface area contributed by atoms with Crippen LogP contribution < -0.4 is 10.5 Å². The van der Waals surface area contributed by atoms with Crippen molar-refractivity contribution in [2.75, 3.05) is 0 Å². The minimum absolute atomic E-state index is 0.0986. The number of benzene rings is 1.